The Bertz CT molecular complexity index is 348. The van der Waals surface area contributed by atoms with E-state index in [1.165, 1.54) is 6.92 Å². The number of nitrogens with zero attached hydrogens (tertiary/aromatic N) is 1. The van der Waals surface area contributed by atoms with Crippen LogP contribution >= 0.6 is 12.2 Å². The van der Waals surface area contributed by atoms with E-state index in [4.69, 9.17) is 18.0 Å². The summed E-state index contributed by atoms with van der Waals surface area (Å²) in [4.78, 5) is 2.20. The minimum absolute atomic E-state index is 0.0120. The van der Waals surface area contributed by atoms with E-state index in [0.717, 1.165) is 25.9 Å². The number of nitrogens with two attached hydrogens (primary N) is 1. The first-order valence-electron chi connectivity index (χ1n) is 5.32. The molecule has 1 heterocycles. The SMILES string of the molecule is CC(C(N)=S)S(=O)(=O)NC1CCN(C)CC1. The number of thiocarbonyl (C=S) groups is 1. The molecule has 7 heteroatoms. The molecule has 0 amide bonds. The van der Waals surface area contributed by atoms with E-state index in [-0.39, 0.29) is 11.0 Å². The molecule has 3 N–H and O–H groups in total. The van der Waals surface area contributed by atoms with Crippen molar-refractivity contribution in [1.29, 1.82) is 0 Å². The maximum absolute atomic E-state index is 11.8. The molecule has 1 fully saturated rings. The molecule has 0 spiro atoms. The average molecular weight is 265 g/mol. The summed E-state index contributed by atoms with van der Waals surface area (Å²) in [6.07, 6.45) is 1.67. The largest absolute Gasteiger partial charge is 0.392 e. The van der Waals surface area contributed by atoms with E-state index in [2.05, 4.69) is 9.62 Å². The van der Waals surface area contributed by atoms with Crippen molar-refractivity contribution in [3.05, 3.63) is 0 Å². The fraction of sp³-hybridized carbons (Fsp3) is 0.889. The summed E-state index contributed by atoms with van der Waals surface area (Å²) < 4.78 is 26.3. The number of nitrogens with one attached hydrogen (secondary N) is 1. The van der Waals surface area contributed by atoms with Crippen LogP contribution < -0.4 is 10.5 Å². The number of likely N-dealkylation sites (tertiary alicyclic amines) is 1. The van der Waals surface area contributed by atoms with Gasteiger partial charge in [-0.15, -0.1) is 0 Å². The second kappa shape index (κ2) is 5.39. The fourth-order valence-corrected chi connectivity index (χ4v) is 3.20. The van der Waals surface area contributed by atoms with Gasteiger partial charge < -0.3 is 10.6 Å². The molecule has 0 bridgehead atoms. The number of piperidine rings is 1. The maximum atomic E-state index is 11.8. The van der Waals surface area contributed by atoms with E-state index in [0.29, 0.717) is 0 Å². The highest BCUT2D eigenvalue weighted by Crippen LogP contribution is 2.11. The molecule has 0 aromatic carbocycles. The van der Waals surface area contributed by atoms with Gasteiger partial charge in [0.15, 0.2) is 0 Å². The number of hydrogen-bond donors (Lipinski definition) is 2. The molecule has 0 aromatic heterocycles. The zero-order valence-corrected chi connectivity index (χ0v) is 11.3. The Balaban J connectivity index is 2.56. The van der Waals surface area contributed by atoms with Crippen LogP contribution in [0.15, 0.2) is 0 Å². The monoisotopic (exact) mass is 265 g/mol. The van der Waals surface area contributed by atoms with E-state index in [1.807, 2.05) is 7.05 Å². The van der Waals surface area contributed by atoms with Crippen LogP contribution in [0.3, 0.4) is 0 Å². The van der Waals surface area contributed by atoms with E-state index >= 15 is 0 Å². The lowest BCUT2D eigenvalue weighted by Gasteiger charge is -2.30. The fourth-order valence-electron chi connectivity index (χ4n) is 1.61. The average Bonchev–Trinajstić information content (AvgIpc) is 2.20. The third-order valence-corrected chi connectivity index (χ3v) is 5.27. The van der Waals surface area contributed by atoms with Gasteiger partial charge in [-0.3, -0.25) is 0 Å². The van der Waals surface area contributed by atoms with Gasteiger partial charge in [0, 0.05) is 6.04 Å². The van der Waals surface area contributed by atoms with Crippen molar-refractivity contribution in [3.63, 3.8) is 0 Å². The Morgan fingerprint density at radius 2 is 2.00 bits per heavy atom. The van der Waals surface area contributed by atoms with Gasteiger partial charge in [-0.25, -0.2) is 13.1 Å². The Kier molecular flexibility index (Phi) is 4.66. The quantitative estimate of drug-likeness (QED) is 0.681. The predicted octanol–water partition coefficient (Wildman–Crippen LogP) is -0.325. The van der Waals surface area contributed by atoms with Crippen molar-refractivity contribution < 1.29 is 8.42 Å². The molecule has 1 unspecified atom stereocenters. The summed E-state index contributed by atoms with van der Waals surface area (Å²) in [5.74, 6) is 0. The molecule has 1 aliphatic rings. The minimum atomic E-state index is -3.41. The van der Waals surface area contributed by atoms with E-state index < -0.39 is 15.3 Å². The Morgan fingerprint density at radius 1 is 1.50 bits per heavy atom. The van der Waals surface area contributed by atoms with Gasteiger partial charge in [0.1, 0.15) is 5.25 Å². The van der Waals surface area contributed by atoms with Gasteiger partial charge >= 0.3 is 0 Å². The highest BCUT2D eigenvalue weighted by atomic mass is 32.2. The molecule has 1 rings (SSSR count). The standard InChI is InChI=1S/C9H19N3O2S2/c1-7(9(10)15)16(13,14)11-8-3-5-12(2)6-4-8/h7-8,11H,3-6H2,1-2H3,(H2,10,15). The third kappa shape index (κ3) is 3.65. The van der Waals surface area contributed by atoms with Gasteiger partial charge in [0.25, 0.3) is 0 Å². The number of sulfonamides is 1. The summed E-state index contributed by atoms with van der Waals surface area (Å²) in [5.41, 5.74) is 5.35. The smallest absolute Gasteiger partial charge is 0.220 e. The summed E-state index contributed by atoms with van der Waals surface area (Å²) >= 11 is 4.70. The highest BCUT2D eigenvalue weighted by Gasteiger charge is 2.27. The van der Waals surface area contributed by atoms with Crippen molar-refractivity contribution >= 4 is 27.2 Å². The molecule has 0 radical (unpaired) electrons. The molecule has 94 valence electrons. The van der Waals surface area contributed by atoms with Gasteiger partial charge in [-0.05, 0) is 39.9 Å². The lowest BCUT2D eigenvalue weighted by Crippen LogP contribution is -2.48. The van der Waals surface area contributed by atoms with Crippen LogP contribution in [-0.2, 0) is 10.0 Å². The van der Waals surface area contributed by atoms with Crippen LogP contribution in [0.25, 0.3) is 0 Å². The molecular weight excluding hydrogens is 246 g/mol. The van der Waals surface area contributed by atoms with Crippen LogP contribution in [-0.4, -0.2) is 49.7 Å². The first kappa shape index (κ1) is 13.8. The van der Waals surface area contributed by atoms with Crippen LogP contribution in [0.1, 0.15) is 19.8 Å². The highest BCUT2D eigenvalue weighted by molar-refractivity contribution is 7.93. The van der Waals surface area contributed by atoms with Crippen molar-refractivity contribution in [2.24, 2.45) is 5.73 Å². The Labute approximate surface area is 102 Å². The lowest BCUT2D eigenvalue weighted by atomic mass is 10.1. The molecule has 16 heavy (non-hydrogen) atoms. The first-order chi connectivity index (χ1) is 7.33. The van der Waals surface area contributed by atoms with Crippen molar-refractivity contribution in [3.8, 4) is 0 Å². The van der Waals surface area contributed by atoms with Gasteiger partial charge in [-0.1, -0.05) is 12.2 Å². The molecular formula is C9H19N3O2S2. The molecule has 0 aromatic rings. The van der Waals surface area contributed by atoms with Crippen molar-refractivity contribution in [2.75, 3.05) is 20.1 Å². The second-order valence-corrected chi connectivity index (χ2v) is 6.79. The zero-order chi connectivity index (χ0) is 12.3. The topological polar surface area (TPSA) is 75.4 Å². The lowest BCUT2D eigenvalue weighted by molar-refractivity contribution is 0.248. The summed E-state index contributed by atoms with van der Waals surface area (Å²) in [6, 6.07) is 0.0120. The van der Waals surface area contributed by atoms with Crippen LogP contribution in [0, 0.1) is 0 Å². The normalized spacial score (nSPS) is 21.9. The summed E-state index contributed by atoms with van der Waals surface area (Å²) in [6.45, 7) is 3.34. The predicted molar refractivity (Wildman–Crippen MR) is 68.8 cm³/mol. The van der Waals surface area contributed by atoms with Gasteiger partial charge in [0.05, 0.1) is 4.99 Å². The molecule has 0 aliphatic carbocycles. The Morgan fingerprint density at radius 3 is 2.44 bits per heavy atom. The zero-order valence-electron chi connectivity index (χ0n) is 9.64. The number of hydrogen-bond acceptors (Lipinski definition) is 4. The van der Waals surface area contributed by atoms with Crippen LogP contribution in [0.2, 0.25) is 0 Å². The van der Waals surface area contributed by atoms with Crippen LogP contribution in [0.4, 0.5) is 0 Å². The Hall–Kier alpha value is -0.240. The van der Waals surface area contributed by atoms with Gasteiger partial charge in [-0.2, -0.15) is 0 Å². The van der Waals surface area contributed by atoms with Crippen molar-refractivity contribution in [2.45, 2.75) is 31.1 Å². The van der Waals surface area contributed by atoms with E-state index in [1.54, 1.807) is 0 Å². The third-order valence-electron chi connectivity index (χ3n) is 2.92. The minimum Gasteiger partial charge on any atom is -0.392 e. The van der Waals surface area contributed by atoms with E-state index in [9.17, 15) is 8.42 Å². The molecule has 1 atom stereocenters. The second-order valence-electron chi connectivity index (χ2n) is 4.29. The molecule has 1 aliphatic heterocycles. The maximum Gasteiger partial charge on any atom is 0.220 e. The van der Waals surface area contributed by atoms with Gasteiger partial charge in [0.2, 0.25) is 10.0 Å². The molecule has 0 saturated carbocycles. The molecule has 5 nitrogen and oxygen atoms in total. The first-order valence-corrected chi connectivity index (χ1v) is 7.27. The summed E-state index contributed by atoms with van der Waals surface area (Å²) in [7, 11) is -1.38. The van der Waals surface area contributed by atoms with Crippen LogP contribution in [0.5, 0.6) is 0 Å². The number of rotatable bonds is 4. The van der Waals surface area contributed by atoms with Crippen molar-refractivity contribution in [1.82, 2.24) is 9.62 Å². The summed E-state index contributed by atoms with van der Waals surface area (Å²) in [5, 5.41) is -0.804. The molecule has 1 saturated heterocycles.